The molecule has 1 saturated heterocycles. The number of carbonyl (C=O) groups is 2. The number of benzene rings is 2. The van der Waals surface area contributed by atoms with Crippen molar-refractivity contribution in [2.45, 2.75) is 18.9 Å². The Morgan fingerprint density at radius 3 is 2.30 bits per heavy atom. The predicted octanol–water partition coefficient (Wildman–Crippen LogP) is 3.55. The number of halogens is 1. The maximum absolute atomic E-state index is 12.7. The molecule has 0 radical (unpaired) electrons. The SMILES string of the molecule is CN(C)c1ccc(C(=O)N2CCC(NC(=O)c3cccc(Br)c3)CC2)cc1. The summed E-state index contributed by atoms with van der Waals surface area (Å²) in [6.45, 7) is 1.30. The topological polar surface area (TPSA) is 52.7 Å². The van der Waals surface area contributed by atoms with Gasteiger partial charge in [0.05, 0.1) is 0 Å². The molecule has 0 unspecified atom stereocenters. The van der Waals surface area contributed by atoms with E-state index in [1.807, 2.05) is 66.4 Å². The summed E-state index contributed by atoms with van der Waals surface area (Å²) in [6, 6.07) is 15.1. The van der Waals surface area contributed by atoms with Gasteiger partial charge in [0, 0.05) is 54.5 Å². The van der Waals surface area contributed by atoms with Crippen LogP contribution >= 0.6 is 15.9 Å². The molecule has 2 aromatic carbocycles. The van der Waals surface area contributed by atoms with Crippen molar-refractivity contribution in [3.05, 3.63) is 64.1 Å². The summed E-state index contributed by atoms with van der Waals surface area (Å²) < 4.78 is 0.885. The van der Waals surface area contributed by atoms with Crippen molar-refractivity contribution in [2.24, 2.45) is 0 Å². The summed E-state index contributed by atoms with van der Waals surface area (Å²) in [5.74, 6) is -0.0163. The number of hydrogen-bond donors (Lipinski definition) is 1. The van der Waals surface area contributed by atoms with Crippen molar-refractivity contribution in [1.82, 2.24) is 10.2 Å². The van der Waals surface area contributed by atoms with Gasteiger partial charge in [0.1, 0.15) is 0 Å². The van der Waals surface area contributed by atoms with Crippen molar-refractivity contribution in [2.75, 3.05) is 32.1 Å². The van der Waals surface area contributed by atoms with Gasteiger partial charge in [0.25, 0.3) is 11.8 Å². The van der Waals surface area contributed by atoms with E-state index in [-0.39, 0.29) is 17.9 Å². The molecule has 1 fully saturated rings. The molecule has 0 bridgehead atoms. The lowest BCUT2D eigenvalue weighted by Crippen LogP contribution is -2.46. The second kappa shape index (κ2) is 8.57. The second-order valence-electron chi connectivity index (χ2n) is 6.99. The summed E-state index contributed by atoms with van der Waals surface area (Å²) in [6.07, 6.45) is 1.53. The first-order valence-corrected chi connectivity index (χ1v) is 9.86. The van der Waals surface area contributed by atoms with Crippen molar-refractivity contribution >= 4 is 33.4 Å². The number of nitrogens with one attached hydrogen (secondary N) is 1. The highest BCUT2D eigenvalue weighted by atomic mass is 79.9. The smallest absolute Gasteiger partial charge is 0.253 e. The molecule has 0 saturated carbocycles. The van der Waals surface area contributed by atoms with E-state index in [9.17, 15) is 9.59 Å². The highest BCUT2D eigenvalue weighted by molar-refractivity contribution is 9.10. The molecule has 0 spiro atoms. The van der Waals surface area contributed by atoms with Crippen LogP contribution in [-0.2, 0) is 0 Å². The Labute approximate surface area is 168 Å². The van der Waals surface area contributed by atoms with Crippen LogP contribution in [-0.4, -0.2) is 49.9 Å². The molecule has 2 amide bonds. The van der Waals surface area contributed by atoms with Crippen molar-refractivity contribution in [1.29, 1.82) is 0 Å². The zero-order chi connectivity index (χ0) is 19.4. The van der Waals surface area contributed by atoms with Crippen LogP contribution in [0.15, 0.2) is 53.0 Å². The van der Waals surface area contributed by atoms with E-state index in [0.29, 0.717) is 24.2 Å². The quantitative estimate of drug-likeness (QED) is 0.808. The fraction of sp³-hybridized carbons (Fsp3) is 0.333. The van der Waals surface area contributed by atoms with Gasteiger partial charge in [-0.3, -0.25) is 9.59 Å². The average Bonchev–Trinajstić information content (AvgIpc) is 2.68. The molecule has 142 valence electrons. The van der Waals surface area contributed by atoms with Crippen LogP contribution in [0.25, 0.3) is 0 Å². The average molecular weight is 430 g/mol. The summed E-state index contributed by atoms with van der Waals surface area (Å²) >= 11 is 3.39. The van der Waals surface area contributed by atoms with Gasteiger partial charge in [-0.1, -0.05) is 22.0 Å². The summed E-state index contributed by atoms with van der Waals surface area (Å²) in [7, 11) is 3.95. The number of amides is 2. The van der Waals surface area contributed by atoms with Crippen molar-refractivity contribution in [3.63, 3.8) is 0 Å². The third-order valence-corrected chi connectivity index (χ3v) is 5.33. The standard InChI is InChI=1S/C21H24BrN3O2/c1-24(2)19-8-6-15(7-9-19)21(27)25-12-10-18(11-13-25)23-20(26)16-4-3-5-17(22)14-16/h3-9,14,18H,10-13H2,1-2H3,(H,23,26). The second-order valence-corrected chi connectivity index (χ2v) is 7.91. The number of anilines is 1. The molecular weight excluding hydrogens is 406 g/mol. The number of likely N-dealkylation sites (tertiary alicyclic amines) is 1. The van der Waals surface area contributed by atoms with E-state index in [1.54, 1.807) is 6.07 Å². The Bertz CT molecular complexity index is 812. The Hall–Kier alpha value is -2.34. The molecule has 5 nitrogen and oxygen atoms in total. The monoisotopic (exact) mass is 429 g/mol. The van der Waals surface area contributed by atoms with Crippen molar-refractivity contribution < 1.29 is 9.59 Å². The summed E-state index contributed by atoms with van der Waals surface area (Å²) in [5.41, 5.74) is 2.42. The molecule has 1 aliphatic heterocycles. The molecule has 1 heterocycles. The van der Waals surface area contributed by atoms with Crippen LogP contribution in [0.5, 0.6) is 0 Å². The van der Waals surface area contributed by atoms with Crippen LogP contribution in [0, 0.1) is 0 Å². The number of rotatable bonds is 4. The van der Waals surface area contributed by atoms with E-state index in [4.69, 9.17) is 0 Å². The first-order valence-electron chi connectivity index (χ1n) is 9.07. The third kappa shape index (κ3) is 4.89. The number of piperidine rings is 1. The largest absolute Gasteiger partial charge is 0.378 e. The van der Waals surface area contributed by atoms with Gasteiger partial charge in [-0.2, -0.15) is 0 Å². The fourth-order valence-electron chi connectivity index (χ4n) is 3.21. The van der Waals surface area contributed by atoms with Crippen LogP contribution in [0.4, 0.5) is 5.69 Å². The van der Waals surface area contributed by atoms with Crippen LogP contribution < -0.4 is 10.2 Å². The Kier molecular flexibility index (Phi) is 6.16. The third-order valence-electron chi connectivity index (χ3n) is 4.83. The number of carbonyl (C=O) groups excluding carboxylic acids is 2. The van der Waals surface area contributed by atoms with Gasteiger partial charge in [0.15, 0.2) is 0 Å². The van der Waals surface area contributed by atoms with Gasteiger partial charge >= 0.3 is 0 Å². The van der Waals surface area contributed by atoms with E-state index in [1.165, 1.54) is 0 Å². The minimum absolute atomic E-state index is 0.0528. The Morgan fingerprint density at radius 2 is 1.70 bits per heavy atom. The van der Waals surface area contributed by atoms with Crippen molar-refractivity contribution in [3.8, 4) is 0 Å². The molecule has 0 aliphatic carbocycles. The normalized spacial score (nSPS) is 14.7. The fourth-order valence-corrected chi connectivity index (χ4v) is 3.61. The first-order chi connectivity index (χ1) is 12.9. The number of nitrogens with zero attached hydrogens (tertiary/aromatic N) is 2. The van der Waals surface area contributed by atoms with E-state index in [2.05, 4.69) is 21.2 Å². The summed E-state index contributed by atoms with van der Waals surface area (Å²) in [5, 5.41) is 3.08. The molecule has 1 aliphatic rings. The minimum atomic E-state index is -0.0691. The van der Waals surface area contributed by atoms with Crippen LogP contribution in [0.3, 0.4) is 0 Å². The zero-order valence-electron chi connectivity index (χ0n) is 15.6. The van der Waals surface area contributed by atoms with E-state index in [0.717, 1.165) is 23.0 Å². The lowest BCUT2D eigenvalue weighted by atomic mass is 10.0. The van der Waals surface area contributed by atoms with Gasteiger partial charge in [-0.05, 0) is 55.3 Å². The molecule has 1 N–H and O–H groups in total. The molecule has 0 aromatic heterocycles. The zero-order valence-corrected chi connectivity index (χ0v) is 17.2. The van der Waals surface area contributed by atoms with Crippen LogP contribution in [0.1, 0.15) is 33.6 Å². The molecule has 3 rings (SSSR count). The lowest BCUT2D eigenvalue weighted by Gasteiger charge is -2.32. The molecule has 27 heavy (non-hydrogen) atoms. The van der Waals surface area contributed by atoms with Gasteiger partial charge in [-0.15, -0.1) is 0 Å². The maximum Gasteiger partial charge on any atom is 0.253 e. The molecular formula is C21H24BrN3O2. The molecule has 0 atom stereocenters. The molecule has 2 aromatic rings. The highest BCUT2D eigenvalue weighted by Gasteiger charge is 2.25. The predicted molar refractivity (Wildman–Crippen MR) is 111 cm³/mol. The minimum Gasteiger partial charge on any atom is -0.378 e. The van der Waals surface area contributed by atoms with Gasteiger partial charge in [-0.25, -0.2) is 0 Å². The Balaban J connectivity index is 1.53. The van der Waals surface area contributed by atoms with Gasteiger partial charge < -0.3 is 15.1 Å². The molecule has 6 heteroatoms. The van der Waals surface area contributed by atoms with Gasteiger partial charge in [0.2, 0.25) is 0 Å². The lowest BCUT2D eigenvalue weighted by molar-refractivity contribution is 0.0698. The maximum atomic E-state index is 12.7. The van der Waals surface area contributed by atoms with E-state index >= 15 is 0 Å². The van der Waals surface area contributed by atoms with E-state index < -0.39 is 0 Å². The summed E-state index contributed by atoms with van der Waals surface area (Å²) in [4.78, 5) is 28.9. The highest BCUT2D eigenvalue weighted by Crippen LogP contribution is 2.18. The number of hydrogen-bond acceptors (Lipinski definition) is 3. The Morgan fingerprint density at radius 1 is 1.04 bits per heavy atom. The first kappa shape index (κ1) is 19.4. The van der Waals surface area contributed by atoms with Crippen LogP contribution in [0.2, 0.25) is 0 Å².